The Balaban J connectivity index is 1.87. The predicted molar refractivity (Wildman–Crippen MR) is 81.3 cm³/mol. The first-order valence-corrected chi connectivity index (χ1v) is 7.60. The van der Waals surface area contributed by atoms with Gasteiger partial charge >= 0.3 is 0 Å². The van der Waals surface area contributed by atoms with Gasteiger partial charge in [-0.05, 0) is 43.5 Å². The third kappa shape index (κ3) is 3.89. The number of hydrogen-bond donors (Lipinski definition) is 0. The highest BCUT2D eigenvalue weighted by atomic mass is 35.5. The van der Waals surface area contributed by atoms with Crippen LogP contribution in [-0.2, 0) is 4.79 Å². The minimum atomic E-state index is 0.0475. The van der Waals surface area contributed by atoms with Crippen molar-refractivity contribution in [1.29, 1.82) is 0 Å². The molecule has 0 N–H and O–H groups in total. The van der Waals surface area contributed by atoms with E-state index < -0.39 is 0 Å². The van der Waals surface area contributed by atoms with Crippen LogP contribution in [-0.4, -0.2) is 30.5 Å². The largest absolute Gasteiger partial charge is 0.483 e. The summed E-state index contributed by atoms with van der Waals surface area (Å²) < 4.78 is 5.62. The summed E-state index contributed by atoms with van der Waals surface area (Å²) in [6, 6.07) is 5.81. The molecule has 1 fully saturated rings. The smallest absolute Gasteiger partial charge is 0.260 e. The van der Waals surface area contributed by atoms with Crippen molar-refractivity contribution in [2.24, 2.45) is 0 Å². The van der Waals surface area contributed by atoms with E-state index in [1.807, 2.05) is 31.0 Å². The molecule has 0 spiro atoms. The molecule has 1 aliphatic carbocycles. The van der Waals surface area contributed by atoms with Gasteiger partial charge in [0, 0.05) is 18.1 Å². The second-order valence-electron chi connectivity index (χ2n) is 5.49. The number of ether oxygens (including phenoxy) is 1. The van der Waals surface area contributed by atoms with Gasteiger partial charge in [0.15, 0.2) is 6.61 Å². The standard InChI is InChI=1S/C16H22ClNO2/c1-12-10-13(17)8-9-15(12)20-11-16(19)18(2)14-6-4-3-5-7-14/h8-10,14H,3-7,11H2,1-2H3. The molecule has 1 amide bonds. The summed E-state index contributed by atoms with van der Waals surface area (Å²) in [6.07, 6.45) is 5.96. The van der Waals surface area contributed by atoms with Gasteiger partial charge in [0.2, 0.25) is 0 Å². The Morgan fingerprint density at radius 3 is 2.70 bits per heavy atom. The molecule has 1 saturated carbocycles. The first-order valence-electron chi connectivity index (χ1n) is 7.22. The van der Waals surface area contributed by atoms with Gasteiger partial charge in [-0.25, -0.2) is 0 Å². The van der Waals surface area contributed by atoms with Crippen LogP contribution in [0.2, 0.25) is 5.02 Å². The predicted octanol–water partition coefficient (Wildman–Crippen LogP) is 3.82. The Kier molecular flexibility index (Phi) is 5.30. The van der Waals surface area contributed by atoms with Crippen LogP contribution in [0.25, 0.3) is 0 Å². The number of rotatable bonds is 4. The monoisotopic (exact) mass is 295 g/mol. The van der Waals surface area contributed by atoms with Gasteiger partial charge in [0.05, 0.1) is 0 Å². The molecule has 0 radical (unpaired) electrons. The van der Waals surface area contributed by atoms with E-state index >= 15 is 0 Å². The minimum absolute atomic E-state index is 0.0475. The molecule has 0 heterocycles. The van der Waals surface area contributed by atoms with Crippen LogP contribution in [0.5, 0.6) is 5.75 Å². The van der Waals surface area contributed by atoms with Crippen LogP contribution >= 0.6 is 11.6 Å². The molecule has 110 valence electrons. The molecule has 0 bridgehead atoms. The van der Waals surface area contributed by atoms with Crippen LogP contribution in [0.3, 0.4) is 0 Å². The maximum Gasteiger partial charge on any atom is 0.260 e. The molecule has 0 unspecified atom stereocenters. The highest BCUT2D eigenvalue weighted by Gasteiger charge is 2.22. The normalized spacial score (nSPS) is 15.9. The number of aryl methyl sites for hydroxylation is 1. The average molecular weight is 296 g/mol. The SMILES string of the molecule is Cc1cc(Cl)ccc1OCC(=O)N(C)C1CCCCC1. The van der Waals surface area contributed by atoms with Crippen molar-refractivity contribution in [3.63, 3.8) is 0 Å². The molecule has 0 saturated heterocycles. The van der Waals surface area contributed by atoms with Crippen LogP contribution in [0.4, 0.5) is 0 Å². The first kappa shape index (κ1) is 15.2. The van der Waals surface area contributed by atoms with Gasteiger partial charge < -0.3 is 9.64 Å². The highest BCUT2D eigenvalue weighted by molar-refractivity contribution is 6.30. The van der Waals surface area contributed by atoms with E-state index in [0.717, 1.165) is 24.2 Å². The zero-order valence-electron chi connectivity index (χ0n) is 12.2. The van der Waals surface area contributed by atoms with E-state index in [1.165, 1.54) is 19.3 Å². The fraction of sp³-hybridized carbons (Fsp3) is 0.562. The van der Waals surface area contributed by atoms with Gasteiger partial charge in [-0.3, -0.25) is 4.79 Å². The van der Waals surface area contributed by atoms with E-state index in [4.69, 9.17) is 16.3 Å². The van der Waals surface area contributed by atoms with Crippen LogP contribution in [0.1, 0.15) is 37.7 Å². The molecule has 4 heteroatoms. The van der Waals surface area contributed by atoms with E-state index in [2.05, 4.69) is 0 Å². The second kappa shape index (κ2) is 6.98. The lowest BCUT2D eigenvalue weighted by Crippen LogP contribution is -2.40. The molecule has 1 aromatic rings. The number of carbonyl (C=O) groups excluding carboxylic acids is 1. The Morgan fingerprint density at radius 1 is 1.35 bits per heavy atom. The summed E-state index contributed by atoms with van der Waals surface area (Å²) in [5, 5.41) is 0.681. The number of benzene rings is 1. The maximum atomic E-state index is 12.2. The van der Waals surface area contributed by atoms with Gasteiger partial charge in [0.25, 0.3) is 5.91 Å². The van der Waals surface area contributed by atoms with Gasteiger partial charge in [-0.1, -0.05) is 30.9 Å². The zero-order chi connectivity index (χ0) is 14.5. The minimum Gasteiger partial charge on any atom is -0.483 e. The molecular formula is C16H22ClNO2. The summed E-state index contributed by atoms with van der Waals surface area (Å²) in [7, 11) is 1.89. The Morgan fingerprint density at radius 2 is 2.05 bits per heavy atom. The average Bonchev–Trinajstić information content (AvgIpc) is 2.46. The molecule has 0 aliphatic heterocycles. The number of hydrogen-bond acceptors (Lipinski definition) is 2. The lowest BCUT2D eigenvalue weighted by atomic mass is 9.94. The third-order valence-corrected chi connectivity index (χ3v) is 4.24. The number of carbonyl (C=O) groups is 1. The van der Waals surface area contributed by atoms with Crippen molar-refractivity contribution in [1.82, 2.24) is 4.90 Å². The summed E-state index contributed by atoms with van der Waals surface area (Å²) in [4.78, 5) is 14.0. The second-order valence-corrected chi connectivity index (χ2v) is 5.93. The fourth-order valence-electron chi connectivity index (χ4n) is 2.69. The Labute approximate surface area is 125 Å². The van der Waals surface area contributed by atoms with Crippen molar-refractivity contribution in [2.75, 3.05) is 13.7 Å². The summed E-state index contributed by atoms with van der Waals surface area (Å²) in [6.45, 7) is 2.02. The molecule has 0 atom stereocenters. The molecule has 0 aromatic heterocycles. The van der Waals surface area contributed by atoms with E-state index in [-0.39, 0.29) is 12.5 Å². The van der Waals surface area contributed by atoms with Gasteiger partial charge in [0.1, 0.15) is 5.75 Å². The molecule has 1 aromatic carbocycles. The van der Waals surface area contributed by atoms with Crippen molar-refractivity contribution in [3.05, 3.63) is 28.8 Å². The highest BCUT2D eigenvalue weighted by Crippen LogP contribution is 2.23. The number of nitrogens with zero attached hydrogens (tertiary/aromatic N) is 1. The summed E-state index contributed by atoms with van der Waals surface area (Å²) >= 11 is 5.90. The van der Waals surface area contributed by atoms with Crippen molar-refractivity contribution >= 4 is 17.5 Å². The topological polar surface area (TPSA) is 29.5 Å². The van der Waals surface area contributed by atoms with Crippen molar-refractivity contribution < 1.29 is 9.53 Å². The fourth-order valence-corrected chi connectivity index (χ4v) is 2.91. The quantitative estimate of drug-likeness (QED) is 0.845. The maximum absolute atomic E-state index is 12.2. The molecule has 2 rings (SSSR count). The number of likely N-dealkylation sites (N-methyl/N-ethyl adjacent to an activating group) is 1. The third-order valence-electron chi connectivity index (χ3n) is 4.00. The first-order chi connectivity index (χ1) is 9.58. The molecular weight excluding hydrogens is 274 g/mol. The summed E-state index contributed by atoms with van der Waals surface area (Å²) in [5.41, 5.74) is 0.950. The van der Waals surface area contributed by atoms with Crippen molar-refractivity contribution in [3.8, 4) is 5.75 Å². The van der Waals surface area contributed by atoms with E-state index in [0.29, 0.717) is 11.1 Å². The number of halogens is 1. The van der Waals surface area contributed by atoms with Crippen LogP contribution in [0.15, 0.2) is 18.2 Å². The molecule has 1 aliphatic rings. The summed E-state index contributed by atoms with van der Waals surface area (Å²) in [5.74, 6) is 0.769. The van der Waals surface area contributed by atoms with Gasteiger partial charge in [-0.2, -0.15) is 0 Å². The molecule has 3 nitrogen and oxygen atoms in total. The van der Waals surface area contributed by atoms with E-state index in [1.54, 1.807) is 6.07 Å². The molecule has 20 heavy (non-hydrogen) atoms. The lowest BCUT2D eigenvalue weighted by Gasteiger charge is -2.31. The Bertz CT molecular complexity index is 470. The Hall–Kier alpha value is -1.22. The lowest BCUT2D eigenvalue weighted by molar-refractivity contribution is -0.134. The van der Waals surface area contributed by atoms with Crippen LogP contribution < -0.4 is 4.74 Å². The van der Waals surface area contributed by atoms with E-state index in [9.17, 15) is 4.79 Å². The number of amides is 1. The van der Waals surface area contributed by atoms with Gasteiger partial charge in [-0.15, -0.1) is 0 Å². The van der Waals surface area contributed by atoms with Crippen LogP contribution in [0, 0.1) is 6.92 Å². The van der Waals surface area contributed by atoms with Crippen molar-refractivity contribution in [2.45, 2.75) is 45.1 Å². The zero-order valence-corrected chi connectivity index (χ0v) is 12.9.